The van der Waals surface area contributed by atoms with Crippen LogP contribution in [-0.4, -0.2) is 23.1 Å². The summed E-state index contributed by atoms with van der Waals surface area (Å²) in [4.78, 5) is 9.05. The Hall–Kier alpha value is -1.32. The molecule has 2 rings (SSSR count). The molecule has 1 aromatic rings. The molecule has 0 aromatic carbocycles. The minimum absolute atomic E-state index is 0.510. The van der Waals surface area contributed by atoms with Crippen molar-refractivity contribution in [2.45, 2.75) is 52.9 Å². The minimum atomic E-state index is 0.510. The van der Waals surface area contributed by atoms with Crippen LogP contribution < -0.4 is 10.6 Å². The summed E-state index contributed by atoms with van der Waals surface area (Å²) in [5, 5.41) is 6.79. The number of hydrogen-bond acceptors (Lipinski definition) is 4. The molecule has 4 nitrogen and oxygen atoms in total. The van der Waals surface area contributed by atoms with Crippen LogP contribution in [0, 0.1) is 5.41 Å². The Morgan fingerprint density at radius 2 is 1.79 bits per heavy atom. The Morgan fingerprint density at radius 3 is 2.26 bits per heavy atom. The molecule has 0 spiro atoms. The molecule has 0 unspecified atom stereocenters. The number of rotatable bonds is 7. The summed E-state index contributed by atoms with van der Waals surface area (Å²) >= 11 is 0. The summed E-state index contributed by atoms with van der Waals surface area (Å²) in [6.07, 6.45) is 6.20. The lowest BCUT2D eigenvalue weighted by molar-refractivity contribution is 0.145. The Balaban J connectivity index is 2.04. The van der Waals surface area contributed by atoms with Gasteiger partial charge in [-0.3, -0.25) is 0 Å². The second-order valence-electron chi connectivity index (χ2n) is 5.50. The average molecular weight is 262 g/mol. The van der Waals surface area contributed by atoms with Crippen LogP contribution in [-0.2, 0) is 6.42 Å². The molecule has 0 aliphatic heterocycles. The Kier molecular flexibility index (Phi) is 4.61. The van der Waals surface area contributed by atoms with Gasteiger partial charge in [0, 0.05) is 25.6 Å². The first-order valence-electron chi connectivity index (χ1n) is 7.57. The molecule has 1 fully saturated rings. The summed E-state index contributed by atoms with van der Waals surface area (Å²) < 4.78 is 0. The van der Waals surface area contributed by atoms with Crippen LogP contribution in [0.3, 0.4) is 0 Å². The van der Waals surface area contributed by atoms with E-state index in [2.05, 4.69) is 41.4 Å². The number of nitrogens with zero attached hydrogens (tertiary/aromatic N) is 2. The quantitative estimate of drug-likeness (QED) is 0.790. The average Bonchev–Trinajstić information content (AvgIpc) is 2.38. The number of aromatic nitrogens is 2. The smallest absolute Gasteiger partial charge is 0.132 e. The number of hydrogen-bond donors (Lipinski definition) is 2. The number of nitrogens with one attached hydrogen (secondary N) is 2. The third-order valence-corrected chi connectivity index (χ3v) is 4.26. The van der Waals surface area contributed by atoms with Crippen molar-refractivity contribution in [1.29, 1.82) is 0 Å². The Labute approximate surface area is 116 Å². The van der Waals surface area contributed by atoms with E-state index in [1.54, 1.807) is 0 Å². The predicted octanol–water partition coefficient (Wildman–Crippen LogP) is 3.46. The maximum atomic E-state index is 4.57. The Morgan fingerprint density at radius 1 is 1.11 bits per heavy atom. The summed E-state index contributed by atoms with van der Waals surface area (Å²) in [6, 6.07) is 2.02. The molecule has 106 valence electrons. The highest BCUT2D eigenvalue weighted by molar-refractivity contribution is 5.47. The van der Waals surface area contributed by atoms with E-state index < -0.39 is 0 Å². The summed E-state index contributed by atoms with van der Waals surface area (Å²) in [7, 11) is 0. The van der Waals surface area contributed by atoms with E-state index in [1.165, 1.54) is 25.7 Å². The monoisotopic (exact) mass is 262 g/mol. The molecule has 1 heterocycles. The van der Waals surface area contributed by atoms with Crippen LogP contribution in [0.25, 0.3) is 0 Å². The fourth-order valence-corrected chi connectivity index (χ4v) is 2.63. The first-order valence-corrected chi connectivity index (χ1v) is 7.57. The first kappa shape index (κ1) is 14.1. The normalized spacial score (nSPS) is 16.8. The molecule has 0 amide bonds. The van der Waals surface area contributed by atoms with Crippen molar-refractivity contribution >= 4 is 11.6 Å². The Bertz CT molecular complexity index is 407. The SMILES string of the molecule is CCNc1cc(NCC2(CC)CCC2)nc(CC)n1. The van der Waals surface area contributed by atoms with Gasteiger partial charge >= 0.3 is 0 Å². The lowest BCUT2D eigenvalue weighted by Crippen LogP contribution is -2.36. The van der Waals surface area contributed by atoms with Crippen molar-refractivity contribution in [3.63, 3.8) is 0 Å². The second-order valence-corrected chi connectivity index (χ2v) is 5.50. The van der Waals surface area contributed by atoms with Crippen molar-refractivity contribution in [1.82, 2.24) is 9.97 Å². The molecule has 0 bridgehead atoms. The van der Waals surface area contributed by atoms with Crippen LogP contribution in [0.2, 0.25) is 0 Å². The molecule has 19 heavy (non-hydrogen) atoms. The summed E-state index contributed by atoms with van der Waals surface area (Å²) in [5.41, 5.74) is 0.510. The third kappa shape index (κ3) is 3.37. The fourth-order valence-electron chi connectivity index (χ4n) is 2.63. The van der Waals surface area contributed by atoms with E-state index in [0.29, 0.717) is 5.41 Å². The minimum Gasteiger partial charge on any atom is -0.370 e. The third-order valence-electron chi connectivity index (χ3n) is 4.26. The topological polar surface area (TPSA) is 49.8 Å². The molecule has 0 saturated heterocycles. The van der Waals surface area contributed by atoms with Crippen LogP contribution in [0.15, 0.2) is 6.07 Å². The largest absolute Gasteiger partial charge is 0.370 e. The van der Waals surface area contributed by atoms with Gasteiger partial charge in [-0.1, -0.05) is 20.3 Å². The van der Waals surface area contributed by atoms with Gasteiger partial charge in [-0.05, 0) is 31.6 Å². The molecule has 1 aromatic heterocycles. The molecule has 4 heteroatoms. The van der Waals surface area contributed by atoms with Crippen molar-refractivity contribution in [2.24, 2.45) is 5.41 Å². The van der Waals surface area contributed by atoms with Crippen LogP contribution in [0.1, 0.15) is 52.3 Å². The molecule has 2 N–H and O–H groups in total. The molecular formula is C15H26N4. The van der Waals surface area contributed by atoms with Crippen LogP contribution in [0.4, 0.5) is 11.6 Å². The number of aryl methyl sites for hydroxylation is 1. The second kappa shape index (κ2) is 6.22. The summed E-state index contributed by atoms with van der Waals surface area (Å²) in [5.74, 6) is 2.79. The van der Waals surface area contributed by atoms with E-state index in [9.17, 15) is 0 Å². The highest BCUT2D eigenvalue weighted by atomic mass is 15.1. The van der Waals surface area contributed by atoms with E-state index in [1.807, 2.05) is 6.07 Å². The van der Waals surface area contributed by atoms with Gasteiger partial charge in [0.25, 0.3) is 0 Å². The van der Waals surface area contributed by atoms with E-state index in [-0.39, 0.29) is 0 Å². The van der Waals surface area contributed by atoms with Gasteiger partial charge in [0.15, 0.2) is 0 Å². The van der Waals surface area contributed by atoms with Gasteiger partial charge in [0.2, 0.25) is 0 Å². The first-order chi connectivity index (χ1) is 9.21. The van der Waals surface area contributed by atoms with Gasteiger partial charge in [-0.15, -0.1) is 0 Å². The number of anilines is 2. The molecule has 1 aliphatic rings. The van der Waals surface area contributed by atoms with Crippen molar-refractivity contribution in [3.8, 4) is 0 Å². The van der Waals surface area contributed by atoms with Gasteiger partial charge in [-0.2, -0.15) is 0 Å². The van der Waals surface area contributed by atoms with Crippen LogP contribution >= 0.6 is 0 Å². The van der Waals surface area contributed by atoms with E-state index in [4.69, 9.17) is 0 Å². The zero-order chi connectivity index (χ0) is 13.7. The fraction of sp³-hybridized carbons (Fsp3) is 0.733. The van der Waals surface area contributed by atoms with E-state index >= 15 is 0 Å². The maximum absolute atomic E-state index is 4.57. The highest BCUT2D eigenvalue weighted by Gasteiger charge is 2.34. The lowest BCUT2D eigenvalue weighted by Gasteiger charge is -2.41. The van der Waals surface area contributed by atoms with Gasteiger partial charge in [0.1, 0.15) is 17.5 Å². The molecular weight excluding hydrogens is 236 g/mol. The van der Waals surface area contributed by atoms with E-state index in [0.717, 1.165) is 37.0 Å². The highest BCUT2D eigenvalue weighted by Crippen LogP contribution is 2.43. The molecule has 1 aliphatic carbocycles. The van der Waals surface area contributed by atoms with Crippen molar-refractivity contribution < 1.29 is 0 Å². The van der Waals surface area contributed by atoms with Crippen molar-refractivity contribution in [2.75, 3.05) is 23.7 Å². The van der Waals surface area contributed by atoms with Gasteiger partial charge in [0.05, 0.1) is 0 Å². The molecule has 0 atom stereocenters. The zero-order valence-corrected chi connectivity index (χ0v) is 12.4. The van der Waals surface area contributed by atoms with Gasteiger partial charge < -0.3 is 10.6 Å². The summed E-state index contributed by atoms with van der Waals surface area (Å²) in [6.45, 7) is 8.39. The van der Waals surface area contributed by atoms with Crippen molar-refractivity contribution in [3.05, 3.63) is 11.9 Å². The zero-order valence-electron chi connectivity index (χ0n) is 12.4. The standard InChI is InChI=1S/C15H26N4/c1-4-12-18-13(16-6-3)10-14(19-12)17-11-15(5-2)8-7-9-15/h10H,4-9,11H2,1-3H3,(H2,16,17,18,19). The molecule has 1 saturated carbocycles. The lowest BCUT2D eigenvalue weighted by atomic mass is 9.67. The van der Waals surface area contributed by atoms with Crippen LogP contribution in [0.5, 0.6) is 0 Å². The maximum Gasteiger partial charge on any atom is 0.132 e. The predicted molar refractivity (Wildman–Crippen MR) is 80.6 cm³/mol. The molecule has 0 radical (unpaired) electrons. The van der Waals surface area contributed by atoms with Gasteiger partial charge in [-0.25, -0.2) is 9.97 Å².